The molecule has 2 nitrogen and oxygen atoms in total. The van der Waals surface area contributed by atoms with E-state index in [0.29, 0.717) is 0 Å². The Morgan fingerprint density at radius 1 is 1.43 bits per heavy atom. The summed E-state index contributed by atoms with van der Waals surface area (Å²) in [5.41, 5.74) is 2.13. The molecule has 0 saturated heterocycles. The normalized spacial score (nSPS) is 24.3. The maximum atomic E-state index is 8.66. The SMILES string of the molecule is CNCC1CC1c1ccc(C#N)cc1. The molecule has 0 spiro atoms. The van der Waals surface area contributed by atoms with Crippen LogP contribution in [0.25, 0.3) is 0 Å². The smallest absolute Gasteiger partial charge is 0.0991 e. The molecule has 0 radical (unpaired) electrons. The van der Waals surface area contributed by atoms with Gasteiger partial charge in [0.25, 0.3) is 0 Å². The van der Waals surface area contributed by atoms with Crippen LogP contribution in [-0.4, -0.2) is 13.6 Å². The van der Waals surface area contributed by atoms with Gasteiger partial charge in [-0.15, -0.1) is 0 Å². The molecule has 1 aromatic rings. The van der Waals surface area contributed by atoms with E-state index in [9.17, 15) is 0 Å². The number of nitrogens with one attached hydrogen (secondary N) is 1. The van der Waals surface area contributed by atoms with Crippen molar-refractivity contribution >= 4 is 0 Å². The van der Waals surface area contributed by atoms with Crippen molar-refractivity contribution in [1.29, 1.82) is 5.26 Å². The lowest BCUT2D eigenvalue weighted by atomic mass is 10.1. The van der Waals surface area contributed by atoms with Gasteiger partial charge in [-0.3, -0.25) is 0 Å². The Morgan fingerprint density at radius 3 is 2.71 bits per heavy atom. The quantitative estimate of drug-likeness (QED) is 0.782. The van der Waals surface area contributed by atoms with E-state index in [0.717, 1.165) is 23.9 Å². The molecule has 0 bridgehead atoms. The van der Waals surface area contributed by atoms with Gasteiger partial charge >= 0.3 is 0 Å². The lowest BCUT2D eigenvalue weighted by Gasteiger charge is -1.99. The van der Waals surface area contributed by atoms with Gasteiger partial charge in [0.2, 0.25) is 0 Å². The third-order valence-corrected chi connectivity index (χ3v) is 2.86. The first-order valence-electron chi connectivity index (χ1n) is 5.00. The van der Waals surface area contributed by atoms with Gasteiger partial charge in [0.05, 0.1) is 11.6 Å². The van der Waals surface area contributed by atoms with Crippen molar-refractivity contribution in [2.24, 2.45) is 5.92 Å². The molecule has 1 aliphatic rings. The molecule has 2 heteroatoms. The maximum Gasteiger partial charge on any atom is 0.0991 e. The maximum absolute atomic E-state index is 8.66. The molecule has 1 fully saturated rings. The van der Waals surface area contributed by atoms with Crippen LogP contribution in [0.2, 0.25) is 0 Å². The zero-order chi connectivity index (χ0) is 9.97. The monoisotopic (exact) mass is 186 g/mol. The topological polar surface area (TPSA) is 35.8 Å². The van der Waals surface area contributed by atoms with Crippen LogP contribution in [-0.2, 0) is 0 Å². The van der Waals surface area contributed by atoms with Crippen LogP contribution in [0.5, 0.6) is 0 Å². The van der Waals surface area contributed by atoms with Gasteiger partial charge < -0.3 is 5.32 Å². The molecule has 1 saturated carbocycles. The minimum atomic E-state index is 0.718. The largest absolute Gasteiger partial charge is 0.319 e. The van der Waals surface area contributed by atoms with E-state index in [2.05, 4.69) is 23.5 Å². The Balaban J connectivity index is 2.02. The van der Waals surface area contributed by atoms with Gasteiger partial charge in [-0.2, -0.15) is 5.26 Å². The van der Waals surface area contributed by atoms with Gasteiger partial charge in [0.15, 0.2) is 0 Å². The molecular formula is C12H14N2. The fraction of sp³-hybridized carbons (Fsp3) is 0.417. The van der Waals surface area contributed by atoms with Gasteiger partial charge in [0.1, 0.15) is 0 Å². The predicted molar refractivity (Wildman–Crippen MR) is 55.9 cm³/mol. The molecule has 1 aromatic carbocycles. The molecule has 2 rings (SSSR count). The number of nitriles is 1. The van der Waals surface area contributed by atoms with E-state index in [-0.39, 0.29) is 0 Å². The minimum absolute atomic E-state index is 0.718. The highest BCUT2D eigenvalue weighted by Gasteiger charge is 2.37. The molecule has 1 aliphatic carbocycles. The second kappa shape index (κ2) is 3.81. The Bertz CT molecular complexity index is 348. The van der Waals surface area contributed by atoms with Crippen molar-refractivity contribution < 1.29 is 0 Å². The first kappa shape index (κ1) is 9.23. The summed E-state index contributed by atoms with van der Waals surface area (Å²) in [4.78, 5) is 0. The first-order valence-corrected chi connectivity index (χ1v) is 5.00. The molecule has 1 N–H and O–H groups in total. The molecule has 0 heterocycles. The number of rotatable bonds is 3. The fourth-order valence-electron chi connectivity index (χ4n) is 1.95. The molecule has 14 heavy (non-hydrogen) atoms. The molecular weight excluding hydrogens is 172 g/mol. The Hall–Kier alpha value is -1.33. The van der Waals surface area contributed by atoms with E-state index >= 15 is 0 Å². The number of hydrogen-bond acceptors (Lipinski definition) is 2. The summed E-state index contributed by atoms with van der Waals surface area (Å²) in [5.74, 6) is 1.52. The summed E-state index contributed by atoms with van der Waals surface area (Å²) in [6.45, 7) is 1.10. The third kappa shape index (κ3) is 1.78. The summed E-state index contributed by atoms with van der Waals surface area (Å²) in [6, 6.07) is 10.1. The molecule has 0 aromatic heterocycles. The van der Waals surface area contributed by atoms with Crippen molar-refractivity contribution in [3.63, 3.8) is 0 Å². The average Bonchev–Trinajstić information content (AvgIpc) is 2.98. The molecule has 0 amide bonds. The predicted octanol–water partition coefficient (Wildman–Crippen LogP) is 1.88. The Kier molecular flexibility index (Phi) is 2.51. The molecule has 72 valence electrons. The van der Waals surface area contributed by atoms with Crippen LogP contribution in [0.3, 0.4) is 0 Å². The van der Waals surface area contributed by atoms with Crippen molar-refractivity contribution in [2.45, 2.75) is 12.3 Å². The molecule has 0 aliphatic heterocycles. The number of nitrogens with zero attached hydrogens (tertiary/aromatic N) is 1. The zero-order valence-electron chi connectivity index (χ0n) is 8.33. The zero-order valence-corrected chi connectivity index (χ0v) is 8.33. The summed E-state index contributed by atoms with van der Waals surface area (Å²) in [5, 5.41) is 11.9. The van der Waals surface area contributed by atoms with Crippen molar-refractivity contribution in [3.05, 3.63) is 35.4 Å². The van der Waals surface area contributed by atoms with Gasteiger partial charge in [0, 0.05) is 0 Å². The van der Waals surface area contributed by atoms with E-state index in [1.54, 1.807) is 0 Å². The summed E-state index contributed by atoms with van der Waals surface area (Å²) in [6.07, 6.45) is 1.28. The van der Waals surface area contributed by atoms with Crippen LogP contribution in [0.1, 0.15) is 23.5 Å². The van der Waals surface area contributed by atoms with Crippen LogP contribution in [0.15, 0.2) is 24.3 Å². The summed E-state index contributed by atoms with van der Waals surface area (Å²) < 4.78 is 0. The second-order valence-corrected chi connectivity index (χ2v) is 3.89. The van der Waals surface area contributed by atoms with E-state index in [1.807, 2.05) is 19.2 Å². The van der Waals surface area contributed by atoms with Crippen LogP contribution >= 0.6 is 0 Å². The van der Waals surface area contributed by atoms with Crippen LogP contribution < -0.4 is 5.32 Å². The van der Waals surface area contributed by atoms with Crippen LogP contribution in [0, 0.1) is 17.2 Å². The van der Waals surface area contributed by atoms with Gasteiger partial charge in [-0.25, -0.2) is 0 Å². The molecule has 2 unspecified atom stereocenters. The lowest BCUT2D eigenvalue weighted by molar-refractivity contribution is 0.698. The molecule has 2 atom stereocenters. The van der Waals surface area contributed by atoms with Crippen LogP contribution in [0.4, 0.5) is 0 Å². The highest BCUT2D eigenvalue weighted by atomic mass is 14.8. The number of hydrogen-bond donors (Lipinski definition) is 1. The van der Waals surface area contributed by atoms with Gasteiger partial charge in [-0.1, -0.05) is 12.1 Å². The summed E-state index contributed by atoms with van der Waals surface area (Å²) >= 11 is 0. The highest BCUT2D eigenvalue weighted by Crippen LogP contribution is 2.46. The average molecular weight is 186 g/mol. The van der Waals surface area contributed by atoms with Gasteiger partial charge in [-0.05, 0) is 49.5 Å². The summed E-state index contributed by atoms with van der Waals surface area (Å²) in [7, 11) is 1.99. The minimum Gasteiger partial charge on any atom is -0.319 e. The Labute approximate surface area is 84.6 Å². The van der Waals surface area contributed by atoms with E-state index in [1.165, 1.54) is 12.0 Å². The van der Waals surface area contributed by atoms with E-state index in [4.69, 9.17) is 5.26 Å². The van der Waals surface area contributed by atoms with E-state index < -0.39 is 0 Å². The van der Waals surface area contributed by atoms with Crippen molar-refractivity contribution in [2.75, 3.05) is 13.6 Å². The fourth-order valence-corrected chi connectivity index (χ4v) is 1.95. The Morgan fingerprint density at radius 2 is 2.14 bits per heavy atom. The lowest BCUT2D eigenvalue weighted by Crippen LogP contribution is -2.10. The van der Waals surface area contributed by atoms with Crippen molar-refractivity contribution in [1.82, 2.24) is 5.32 Å². The van der Waals surface area contributed by atoms with Crippen molar-refractivity contribution in [3.8, 4) is 6.07 Å². The third-order valence-electron chi connectivity index (χ3n) is 2.86. The standard InChI is InChI=1S/C12H14N2/c1-14-8-11-6-12(11)10-4-2-9(7-13)3-5-10/h2-5,11-12,14H,6,8H2,1H3. The first-order chi connectivity index (χ1) is 6.85. The highest BCUT2D eigenvalue weighted by molar-refractivity contribution is 5.35. The number of benzene rings is 1. The second-order valence-electron chi connectivity index (χ2n) is 3.89.